The van der Waals surface area contributed by atoms with Crippen molar-refractivity contribution in [2.24, 2.45) is 0 Å². The van der Waals surface area contributed by atoms with Gasteiger partial charge in [0, 0.05) is 23.1 Å². The molecule has 0 radical (unpaired) electrons. The molecule has 0 heterocycles. The molecule has 0 saturated carbocycles. The Labute approximate surface area is 178 Å². The highest BCUT2D eigenvalue weighted by molar-refractivity contribution is 5.81. The first-order valence-corrected chi connectivity index (χ1v) is 9.95. The van der Waals surface area contributed by atoms with Crippen LogP contribution in [0.4, 0.5) is 17.1 Å². The van der Waals surface area contributed by atoms with Gasteiger partial charge in [-0.15, -0.1) is 0 Å². The Morgan fingerprint density at radius 1 is 0.867 bits per heavy atom. The number of rotatable bonds is 8. The first-order chi connectivity index (χ1) is 14.5. The molecule has 0 aliphatic heterocycles. The SMILES string of the molecule is C=CC(=O)O[C@@H](C)COc1ccc(N(c2ccc(C)cc2)c2ccc(C)cc2)cc1. The summed E-state index contributed by atoms with van der Waals surface area (Å²) < 4.78 is 10.9. The van der Waals surface area contributed by atoms with Gasteiger partial charge in [-0.2, -0.15) is 0 Å². The normalized spacial score (nSPS) is 11.4. The van der Waals surface area contributed by atoms with Crippen molar-refractivity contribution in [1.29, 1.82) is 0 Å². The van der Waals surface area contributed by atoms with Crippen LogP contribution in [0.2, 0.25) is 0 Å². The number of nitrogens with zero attached hydrogens (tertiary/aromatic N) is 1. The first-order valence-electron chi connectivity index (χ1n) is 9.95. The minimum atomic E-state index is -0.451. The zero-order chi connectivity index (χ0) is 21.5. The molecule has 0 aliphatic rings. The van der Waals surface area contributed by atoms with Crippen LogP contribution in [0.5, 0.6) is 5.75 Å². The molecule has 0 spiro atoms. The lowest BCUT2D eigenvalue weighted by atomic mass is 10.1. The van der Waals surface area contributed by atoms with Crippen LogP contribution in [0, 0.1) is 13.8 Å². The topological polar surface area (TPSA) is 38.8 Å². The average Bonchev–Trinajstić information content (AvgIpc) is 2.76. The van der Waals surface area contributed by atoms with E-state index < -0.39 is 5.97 Å². The molecule has 0 fully saturated rings. The third kappa shape index (κ3) is 5.51. The molecule has 0 amide bonds. The number of carbonyl (C=O) groups is 1. The van der Waals surface area contributed by atoms with Crippen molar-refractivity contribution in [2.75, 3.05) is 11.5 Å². The number of hydrogen-bond donors (Lipinski definition) is 0. The van der Waals surface area contributed by atoms with Gasteiger partial charge in [-0.25, -0.2) is 4.79 Å². The largest absolute Gasteiger partial charge is 0.490 e. The highest BCUT2D eigenvalue weighted by atomic mass is 16.6. The lowest BCUT2D eigenvalue weighted by Gasteiger charge is -2.26. The van der Waals surface area contributed by atoms with Crippen LogP contribution in [-0.4, -0.2) is 18.7 Å². The minimum absolute atomic E-state index is 0.276. The molecule has 0 aromatic heterocycles. The molecule has 3 rings (SSSR count). The van der Waals surface area contributed by atoms with Gasteiger partial charge >= 0.3 is 5.97 Å². The number of ether oxygens (including phenoxy) is 2. The second-order valence-corrected chi connectivity index (χ2v) is 7.26. The second-order valence-electron chi connectivity index (χ2n) is 7.26. The molecule has 0 aliphatic carbocycles. The summed E-state index contributed by atoms with van der Waals surface area (Å²) in [6, 6.07) is 24.8. The standard InChI is InChI=1S/C26H27NO3/c1-5-26(28)30-21(4)18-29-25-16-14-24(15-17-25)27(22-10-6-19(2)7-11-22)23-12-8-20(3)9-13-23/h5-17,21H,1,18H2,2-4H3/t21-/m0/s1. The van der Waals surface area contributed by atoms with Crippen molar-refractivity contribution in [3.8, 4) is 5.75 Å². The molecule has 0 saturated heterocycles. The van der Waals surface area contributed by atoms with Crippen molar-refractivity contribution in [3.05, 3.63) is 96.6 Å². The number of aryl methyl sites for hydroxylation is 2. The van der Waals surface area contributed by atoms with Crippen molar-refractivity contribution < 1.29 is 14.3 Å². The van der Waals surface area contributed by atoms with E-state index in [0.717, 1.165) is 23.1 Å². The van der Waals surface area contributed by atoms with Crippen LogP contribution in [0.3, 0.4) is 0 Å². The molecule has 3 aromatic carbocycles. The molecule has 0 bridgehead atoms. The lowest BCUT2D eigenvalue weighted by molar-refractivity contribution is -0.143. The number of carbonyl (C=O) groups excluding carboxylic acids is 1. The Morgan fingerprint density at radius 2 is 1.30 bits per heavy atom. The van der Waals surface area contributed by atoms with E-state index in [2.05, 4.69) is 73.9 Å². The summed E-state index contributed by atoms with van der Waals surface area (Å²) in [7, 11) is 0. The smallest absolute Gasteiger partial charge is 0.330 e. The van der Waals surface area contributed by atoms with Crippen LogP contribution >= 0.6 is 0 Å². The molecule has 0 N–H and O–H groups in total. The second kappa shape index (κ2) is 9.79. The van der Waals surface area contributed by atoms with Crippen molar-refractivity contribution in [2.45, 2.75) is 26.9 Å². The van der Waals surface area contributed by atoms with Gasteiger partial charge in [0.25, 0.3) is 0 Å². The minimum Gasteiger partial charge on any atom is -0.490 e. The monoisotopic (exact) mass is 401 g/mol. The van der Waals surface area contributed by atoms with E-state index in [-0.39, 0.29) is 12.7 Å². The van der Waals surface area contributed by atoms with Gasteiger partial charge in [-0.3, -0.25) is 0 Å². The Balaban J connectivity index is 1.80. The third-order valence-corrected chi connectivity index (χ3v) is 4.65. The van der Waals surface area contributed by atoms with E-state index in [9.17, 15) is 4.79 Å². The Morgan fingerprint density at radius 3 is 1.73 bits per heavy atom. The Bertz CT molecular complexity index is 931. The van der Waals surface area contributed by atoms with Crippen LogP contribution < -0.4 is 9.64 Å². The van der Waals surface area contributed by atoms with E-state index in [4.69, 9.17) is 9.47 Å². The quantitative estimate of drug-likeness (QED) is 0.329. The Hall–Kier alpha value is -3.53. The van der Waals surface area contributed by atoms with Gasteiger partial charge in [0.15, 0.2) is 0 Å². The molecular weight excluding hydrogens is 374 g/mol. The molecule has 1 atom stereocenters. The summed E-state index contributed by atoms with van der Waals surface area (Å²) >= 11 is 0. The summed E-state index contributed by atoms with van der Waals surface area (Å²) in [5.74, 6) is 0.265. The highest BCUT2D eigenvalue weighted by Crippen LogP contribution is 2.35. The maximum atomic E-state index is 11.3. The molecular formula is C26H27NO3. The van der Waals surface area contributed by atoms with Crippen LogP contribution in [-0.2, 0) is 9.53 Å². The highest BCUT2D eigenvalue weighted by Gasteiger charge is 2.13. The zero-order valence-corrected chi connectivity index (χ0v) is 17.7. The van der Waals surface area contributed by atoms with Gasteiger partial charge in [-0.05, 0) is 69.3 Å². The van der Waals surface area contributed by atoms with E-state index in [0.29, 0.717) is 5.75 Å². The predicted molar refractivity (Wildman–Crippen MR) is 122 cm³/mol. The number of anilines is 3. The summed E-state index contributed by atoms with van der Waals surface area (Å²) in [5.41, 5.74) is 5.64. The third-order valence-electron chi connectivity index (χ3n) is 4.65. The predicted octanol–water partition coefficient (Wildman–Crippen LogP) is 6.27. The molecule has 4 nitrogen and oxygen atoms in total. The van der Waals surface area contributed by atoms with Crippen LogP contribution in [0.25, 0.3) is 0 Å². The Kier molecular flexibility index (Phi) is 6.91. The molecule has 30 heavy (non-hydrogen) atoms. The molecule has 4 heteroatoms. The van der Waals surface area contributed by atoms with Crippen molar-refractivity contribution in [3.63, 3.8) is 0 Å². The first kappa shape index (κ1) is 21.2. The zero-order valence-electron chi connectivity index (χ0n) is 17.7. The van der Waals surface area contributed by atoms with E-state index >= 15 is 0 Å². The van der Waals surface area contributed by atoms with Crippen LogP contribution in [0.15, 0.2) is 85.5 Å². The van der Waals surface area contributed by atoms with Gasteiger partial charge in [0.05, 0.1) is 0 Å². The molecule has 3 aromatic rings. The van der Waals surface area contributed by atoms with Gasteiger partial charge < -0.3 is 14.4 Å². The van der Waals surface area contributed by atoms with E-state index in [1.807, 2.05) is 24.3 Å². The van der Waals surface area contributed by atoms with Crippen LogP contribution in [0.1, 0.15) is 18.1 Å². The van der Waals surface area contributed by atoms with Gasteiger partial charge in [-0.1, -0.05) is 42.0 Å². The lowest BCUT2D eigenvalue weighted by Crippen LogP contribution is -2.20. The van der Waals surface area contributed by atoms with Crippen molar-refractivity contribution >= 4 is 23.0 Å². The maximum Gasteiger partial charge on any atom is 0.330 e. The number of hydrogen-bond acceptors (Lipinski definition) is 4. The summed E-state index contributed by atoms with van der Waals surface area (Å²) in [6.07, 6.45) is 0.794. The fourth-order valence-electron chi connectivity index (χ4n) is 3.02. The van der Waals surface area contributed by atoms with E-state index in [1.54, 1.807) is 6.92 Å². The summed E-state index contributed by atoms with van der Waals surface area (Å²) in [6.45, 7) is 9.62. The maximum absolute atomic E-state index is 11.3. The van der Waals surface area contributed by atoms with E-state index in [1.165, 1.54) is 11.1 Å². The molecule has 154 valence electrons. The average molecular weight is 402 g/mol. The molecule has 0 unspecified atom stereocenters. The fraction of sp³-hybridized carbons (Fsp3) is 0.192. The van der Waals surface area contributed by atoms with Crippen molar-refractivity contribution in [1.82, 2.24) is 0 Å². The van der Waals surface area contributed by atoms with Gasteiger partial charge in [0.1, 0.15) is 18.5 Å². The number of benzene rings is 3. The fourth-order valence-corrected chi connectivity index (χ4v) is 3.02. The summed E-state index contributed by atoms with van der Waals surface area (Å²) in [4.78, 5) is 13.5. The van der Waals surface area contributed by atoms with Gasteiger partial charge in [0.2, 0.25) is 0 Å². The summed E-state index contributed by atoms with van der Waals surface area (Å²) in [5, 5.41) is 0. The number of esters is 1.